The molecule has 2 rings (SSSR count). The van der Waals surface area contributed by atoms with Crippen LogP contribution in [0.4, 0.5) is 4.79 Å². The van der Waals surface area contributed by atoms with E-state index < -0.39 is 23.7 Å². The van der Waals surface area contributed by atoms with E-state index in [0.29, 0.717) is 5.75 Å². The predicted octanol–water partition coefficient (Wildman–Crippen LogP) is 1.24. The highest BCUT2D eigenvalue weighted by molar-refractivity contribution is 8.00. The SMILES string of the molecule is COC(=O)C1=C(C)CSC2C(NC(=O)OC(C)(C)C)C(=O)N12. The molecule has 22 heavy (non-hydrogen) atoms. The second kappa shape index (κ2) is 5.83. The van der Waals surface area contributed by atoms with Gasteiger partial charge in [-0.15, -0.1) is 11.8 Å². The van der Waals surface area contributed by atoms with Crippen molar-refractivity contribution in [3.8, 4) is 0 Å². The Labute approximate surface area is 133 Å². The van der Waals surface area contributed by atoms with Crippen LogP contribution in [-0.4, -0.2) is 52.7 Å². The lowest BCUT2D eigenvalue weighted by Crippen LogP contribution is -2.70. The van der Waals surface area contributed by atoms with Crippen LogP contribution in [0.5, 0.6) is 0 Å². The molecule has 2 unspecified atom stereocenters. The van der Waals surface area contributed by atoms with Crippen LogP contribution in [0.15, 0.2) is 11.3 Å². The molecule has 2 aliphatic rings. The summed E-state index contributed by atoms with van der Waals surface area (Å²) >= 11 is 1.49. The number of rotatable bonds is 2. The fraction of sp³-hybridized carbons (Fsp3) is 0.643. The number of nitrogens with zero attached hydrogens (tertiary/aromatic N) is 1. The average molecular weight is 328 g/mol. The van der Waals surface area contributed by atoms with E-state index in [4.69, 9.17) is 9.47 Å². The summed E-state index contributed by atoms with van der Waals surface area (Å²) < 4.78 is 9.89. The van der Waals surface area contributed by atoms with Gasteiger partial charge in [0, 0.05) is 5.75 Å². The van der Waals surface area contributed by atoms with Crippen molar-refractivity contribution in [2.75, 3.05) is 12.9 Å². The standard InChI is InChI=1S/C14H20N2O5S/c1-7-6-22-11-8(15-13(19)21-14(2,3)4)10(17)16(11)9(7)12(18)20-5/h8,11H,6H2,1-5H3,(H,15,19). The summed E-state index contributed by atoms with van der Waals surface area (Å²) in [4.78, 5) is 37.3. The highest BCUT2D eigenvalue weighted by atomic mass is 32.2. The molecule has 0 bridgehead atoms. The number of hydrogen-bond donors (Lipinski definition) is 1. The summed E-state index contributed by atoms with van der Waals surface area (Å²) in [5.74, 6) is -0.263. The van der Waals surface area contributed by atoms with E-state index in [9.17, 15) is 14.4 Å². The van der Waals surface area contributed by atoms with Crippen LogP contribution >= 0.6 is 11.8 Å². The van der Waals surface area contributed by atoms with Gasteiger partial charge in [0.1, 0.15) is 22.7 Å². The van der Waals surface area contributed by atoms with Crippen LogP contribution in [0.25, 0.3) is 0 Å². The zero-order valence-electron chi connectivity index (χ0n) is 13.3. The maximum atomic E-state index is 12.3. The zero-order chi connectivity index (χ0) is 16.7. The number of fused-ring (bicyclic) bond motifs is 1. The molecule has 2 aliphatic heterocycles. The number of esters is 1. The Bertz CT molecular complexity index is 552. The number of β-lactam (4-membered cyclic amide) rings is 1. The molecular weight excluding hydrogens is 308 g/mol. The number of methoxy groups -OCH3 is 1. The van der Waals surface area contributed by atoms with Gasteiger partial charge in [-0.3, -0.25) is 9.69 Å². The van der Waals surface area contributed by atoms with Crippen LogP contribution in [-0.2, 0) is 19.1 Å². The monoisotopic (exact) mass is 328 g/mol. The van der Waals surface area contributed by atoms with Crippen LogP contribution in [0.1, 0.15) is 27.7 Å². The lowest BCUT2D eigenvalue weighted by atomic mass is 10.0. The van der Waals surface area contributed by atoms with Gasteiger partial charge in [0.2, 0.25) is 0 Å². The van der Waals surface area contributed by atoms with Gasteiger partial charge in [-0.05, 0) is 33.3 Å². The summed E-state index contributed by atoms with van der Waals surface area (Å²) in [5, 5.41) is 2.26. The van der Waals surface area contributed by atoms with Crippen molar-refractivity contribution in [3.63, 3.8) is 0 Å². The van der Waals surface area contributed by atoms with E-state index in [1.165, 1.54) is 23.8 Å². The molecular formula is C14H20N2O5S. The predicted molar refractivity (Wildman–Crippen MR) is 81.0 cm³/mol. The van der Waals surface area contributed by atoms with Crippen molar-refractivity contribution in [2.24, 2.45) is 0 Å². The van der Waals surface area contributed by atoms with E-state index in [1.54, 1.807) is 27.7 Å². The summed E-state index contributed by atoms with van der Waals surface area (Å²) in [5.41, 5.74) is 0.430. The van der Waals surface area contributed by atoms with Gasteiger partial charge in [0.25, 0.3) is 5.91 Å². The van der Waals surface area contributed by atoms with E-state index in [2.05, 4.69) is 5.32 Å². The molecule has 0 aromatic rings. The molecule has 122 valence electrons. The largest absolute Gasteiger partial charge is 0.464 e. The first-order valence-corrected chi connectivity index (χ1v) is 7.93. The molecule has 0 aromatic carbocycles. The number of thioether (sulfide) groups is 1. The van der Waals surface area contributed by atoms with Crippen molar-refractivity contribution < 1.29 is 23.9 Å². The first-order valence-electron chi connectivity index (χ1n) is 6.88. The third-order valence-corrected chi connectivity index (χ3v) is 4.63. The summed E-state index contributed by atoms with van der Waals surface area (Å²) in [6, 6.07) is -0.687. The minimum atomic E-state index is -0.687. The average Bonchev–Trinajstić information content (AvgIpc) is 2.41. The summed E-state index contributed by atoms with van der Waals surface area (Å²) in [6.45, 7) is 7.03. The second-order valence-corrected chi connectivity index (χ2v) is 7.26. The molecule has 0 saturated carbocycles. The minimum Gasteiger partial charge on any atom is -0.464 e. The maximum absolute atomic E-state index is 12.3. The van der Waals surface area contributed by atoms with Crippen molar-refractivity contribution in [2.45, 2.75) is 44.7 Å². The molecule has 8 heteroatoms. The Balaban J connectivity index is 2.09. The Morgan fingerprint density at radius 1 is 1.36 bits per heavy atom. The van der Waals surface area contributed by atoms with Gasteiger partial charge in [-0.2, -0.15) is 0 Å². The first-order chi connectivity index (χ1) is 10.2. The maximum Gasteiger partial charge on any atom is 0.408 e. The van der Waals surface area contributed by atoms with Gasteiger partial charge in [0.05, 0.1) is 7.11 Å². The Hall–Kier alpha value is -1.70. The Kier molecular flexibility index (Phi) is 4.42. The van der Waals surface area contributed by atoms with Gasteiger partial charge in [-0.1, -0.05) is 0 Å². The van der Waals surface area contributed by atoms with Crippen LogP contribution in [0.2, 0.25) is 0 Å². The molecule has 2 heterocycles. The highest BCUT2D eigenvalue weighted by Gasteiger charge is 2.54. The summed E-state index contributed by atoms with van der Waals surface area (Å²) in [7, 11) is 1.28. The smallest absolute Gasteiger partial charge is 0.408 e. The number of carbonyl (C=O) groups is 3. The fourth-order valence-electron chi connectivity index (χ4n) is 2.29. The van der Waals surface area contributed by atoms with Crippen LogP contribution in [0, 0.1) is 0 Å². The molecule has 2 amide bonds. The van der Waals surface area contributed by atoms with Crippen LogP contribution in [0.3, 0.4) is 0 Å². The van der Waals surface area contributed by atoms with E-state index >= 15 is 0 Å². The molecule has 2 atom stereocenters. The van der Waals surface area contributed by atoms with Gasteiger partial charge in [0.15, 0.2) is 0 Å². The fourth-order valence-corrected chi connectivity index (χ4v) is 3.59. The molecule has 1 fully saturated rings. The van der Waals surface area contributed by atoms with Crippen LogP contribution < -0.4 is 5.32 Å². The van der Waals surface area contributed by atoms with E-state index in [-0.39, 0.29) is 17.0 Å². The number of ether oxygens (including phenoxy) is 2. The van der Waals surface area contributed by atoms with Gasteiger partial charge >= 0.3 is 12.1 Å². The molecule has 1 N–H and O–H groups in total. The lowest BCUT2D eigenvalue weighted by Gasteiger charge is -2.49. The molecule has 0 spiro atoms. The topological polar surface area (TPSA) is 84.9 Å². The van der Waals surface area contributed by atoms with Crippen molar-refractivity contribution in [1.29, 1.82) is 0 Å². The number of alkyl carbamates (subject to hydrolysis) is 1. The lowest BCUT2D eigenvalue weighted by molar-refractivity contribution is -0.150. The second-order valence-electron chi connectivity index (χ2n) is 6.15. The number of carbonyl (C=O) groups excluding carboxylic acids is 3. The summed E-state index contributed by atoms with van der Waals surface area (Å²) in [6.07, 6.45) is -0.642. The molecule has 7 nitrogen and oxygen atoms in total. The molecule has 0 aromatic heterocycles. The molecule has 0 aliphatic carbocycles. The van der Waals surface area contributed by atoms with Crippen molar-refractivity contribution in [3.05, 3.63) is 11.3 Å². The number of amides is 2. The normalized spacial score (nSPS) is 24.4. The minimum absolute atomic E-state index is 0.276. The van der Waals surface area contributed by atoms with Gasteiger partial charge in [-0.25, -0.2) is 9.59 Å². The molecule has 1 saturated heterocycles. The third-order valence-electron chi connectivity index (χ3n) is 3.21. The molecule has 0 radical (unpaired) electrons. The quantitative estimate of drug-likeness (QED) is 0.606. The van der Waals surface area contributed by atoms with E-state index in [1.807, 2.05) is 0 Å². The first kappa shape index (κ1) is 16.7. The van der Waals surface area contributed by atoms with E-state index in [0.717, 1.165) is 5.57 Å². The zero-order valence-corrected chi connectivity index (χ0v) is 14.1. The van der Waals surface area contributed by atoms with Crippen molar-refractivity contribution >= 4 is 29.7 Å². The number of nitrogens with one attached hydrogen (secondary N) is 1. The Morgan fingerprint density at radius 3 is 2.55 bits per heavy atom. The Morgan fingerprint density at radius 2 is 2.00 bits per heavy atom. The van der Waals surface area contributed by atoms with Gasteiger partial charge < -0.3 is 14.8 Å². The third kappa shape index (κ3) is 3.06. The highest BCUT2D eigenvalue weighted by Crippen LogP contribution is 2.40. The number of hydrogen-bond acceptors (Lipinski definition) is 6. The van der Waals surface area contributed by atoms with Crippen molar-refractivity contribution in [1.82, 2.24) is 10.2 Å².